The quantitative estimate of drug-likeness (QED) is 0.607. The molecule has 0 atom stereocenters. The maximum Gasteiger partial charge on any atom is 0.407 e. The van der Waals surface area contributed by atoms with Gasteiger partial charge >= 0.3 is 6.09 Å². The van der Waals surface area contributed by atoms with E-state index in [0.717, 1.165) is 0 Å². The van der Waals surface area contributed by atoms with Crippen molar-refractivity contribution in [3.8, 4) is 0 Å². The Bertz CT molecular complexity index is 612. The van der Waals surface area contributed by atoms with Crippen LogP contribution < -0.4 is 16.0 Å². The first kappa shape index (κ1) is 21.4. The van der Waals surface area contributed by atoms with E-state index in [0.29, 0.717) is 5.56 Å². The molecule has 0 saturated heterocycles. The maximum atomic E-state index is 12.8. The van der Waals surface area contributed by atoms with Crippen molar-refractivity contribution < 1.29 is 23.5 Å². The molecule has 0 fully saturated rings. The van der Waals surface area contributed by atoms with Crippen molar-refractivity contribution in [2.75, 3.05) is 19.6 Å². The van der Waals surface area contributed by atoms with Gasteiger partial charge in [-0.2, -0.15) is 0 Å². The van der Waals surface area contributed by atoms with Gasteiger partial charge in [0.2, 0.25) is 11.8 Å². The van der Waals surface area contributed by atoms with Crippen LogP contribution in [0.2, 0.25) is 0 Å². The number of ether oxygens (including phenoxy) is 1. The zero-order chi connectivity index (χ0) is 19.6. The number of hydrogen-bond donors (Lipinski definition) is 3. The highest BCUT2D eigenvalue weighted by molar-refractivity contribution is 5.79. The van der Waals surface area contributed by atoms with Crippen molar-refractivity contribution in [2.45, 2.75) is 39.2 Å². The Hall–Kier alpha value is -2.64. The first-order valence-corrected chi connectivity index (χ1v) is 8.40. The number of hydrogen-bond acceptors (Lipinski definition) is 4. The van der Waals surface area contributed by atoms with Crippen molar-refractivity contribution >= 4 is 17.9 Å². The van der Waals surface area contributed by atoms with E-state index in [9.17, 15) is 18.8 Å². The summed E-state index contributed by atoms with van der Waals surface area (Å²) in [6, 6.07) is 5.70. The lowest BCUT2D eigenvalue weighted by molar-refractivity contribution is -0.122. The minimum absolute atomic E-state index is 0.114. The first-order chi connectivity index (χ1) is 12.2. The molecule has 8 heteroatoms. The van der Waals surface area contributed by atoms with Gasteiger partial charge in [-0.05, 0) is 38.5 Å². The number of benzene rings is 1. The van der Waals surface area contributed by atoms with Gasteiger partial charge in [0, 0.05) is 26.1 Å². The second-order valence-corrected chi connectivity index (χ2v) is 6.68. The molecule has 0 aliphatic rings. The van der Waals surface area contributed by atoms with Crippen molar-refractivity contribution in [3.63, 3.8) is 0 Å². The van der Waals surface area contributed by atoms with E-state index >= 15 is 0 Å². The predicted molar refractivity (Wildman–Crippen MR) is 95.0 cm³/mol. The molecule has 0 heterocycles. The Morgan fingerprint density at radius 1 is 0.923 bits per heavy atom. The van der Waals surface area contributed by atoms with Crippen LogP contribution in [-0.4, -0.2) is 43.1 Å². The number of rotatable bonds is 8. The van der Waals surface area contributed by atoms with Gasteiger partial charge in [0.25, 0.3) is 0 Å². The molecule has 26 heavy (non-hydrogen) atoms. The summed E-state index contributed by atoms with van der Waals surface area (Å²) in [6.07, 6.45) is -0.310. The van der Waals surface area contributed by atoms with Crippen LogP contribution in [0.5, 0.6) is 0 Å². The summed E-state index contributed by atoms with van der Waals surface area (Å²) < 4.78 is 17.8. The molecule has 0 bridgehead atoms. The average Bonchev–Trinajstić information content (AvgIpc) is 2.52. The molecule has 1 aromatic rings. The van der Waals surface area contributed by atoms with Crippen LogP contribution in [0.1, 0.15) is 32.8 Å². The third kappa shape index (κ3) is 10.3. The van der Waals surface area contributed by atoms with E-state index in [1.54, 1.807) is 32.9 Å². The monoisotopic (exact) mass is 367 g/mol. The molecule has 1 aromatic carbocycles. The Morgan fingerprint density at radius 2 is 1.50 bits per heavy atom. The molecular weight excluding hydrogens is 341 g/mol. The van der Waals surface area contributed by atoms with Gasteiger partial charge in [-0.25, -0.2) is 9.18 Å². The zero-order valence-corrected chi connectivity index (χ0v) is 15.4. The van der Waals surface area contributed by atoms with E-state index in [-0.39, 0.29) is 50.1 Å². The topological polar surface area (TPSA) is 96.5 Å². The van der Waals surface area contributed by atoms with Gasteiger partial charge in [-0.3, -0.25) is 9.59 Å². The third-order valence-electron chi connectivity index (χ3n) is 3.07. The molecule has 7 nitrogen and oxygen atoms in total. The Labute approximate surface area is 152 Å². The highest BCUT2D eigenvalue weighted by atomic mass is 19.1. The second kappa shape index (κ2) is 10.4. The number of amides is 3. The summed E-state index contributed by atoms with van der Waals surface area (Å²) in [7, 11) is 0. The van der Waals surface area contributed by atoms with Gasteiger partial charge in [0.15, 0.2) is 0 Å². The molecule has 144 valence electrons. The van der Waals surface area contributed by atoms with E-state index in [2.05, 4.69) is 16.0 Å². The molecule has 0 spiro atoms. The number of carbonyl (C=O) groups excluding carboxylic acids is 3. The van der Waals surface area contributed by atoms with Gasteiger partial charge < -0.3 is 20.7 Å². The molecule has 3 amide bonds. The van der Waals surface area contributed by atoms with Crippen molar-refractivity contribution in [2.24, 2.45) is 0 Å². The zero-order valence-electron chi connectivity index (χ0n) is 15.4. The average molecular weight is 367 g/mol. The summed E-state index contributed by atoms with van der Waals surface area (Å²) in [4.78, 5) is 34.8. The van der Waals surface area contributed by atoms with E-state index < -0.39 is 11.7 Å². The smallest absolute Gasteiger partial charge is 0.407 e. The van der Waals surface area contributed by atoms with Gasteiger partial charge in [-0.1, -0.05) is 12.1 Å². The van der Waals surface area contributed by atoms with Gasteiger partial charge in [0.05, 0.1) is 6.42 Å². The summed E-state index contributed by atoms with van der Waals surface area (Å²) >= 11 is 0. The largest absolute Gasteiger partial charge is 0.444 e. The Balaban J connectivity index is 2.09. The minimum Gasteiger partial charge on any atom is -0.444 e. The van der Waals surface area contributed by atoms with Gasteiger partial charge in [0.1, 0.15) is 11.4 Å². The number of halogens is 1. The Morgan fingerprint density at radius 3 is 2.08 bits per heavy atom. The normalized spacial score (nSPS) is 10.8. The second-order valence-electron chi connectivity index (χ2n) is 6.68. The van der Waals surface area contributed by atoms with Crippen LogP contribution in [0.15, 0.2) is 24.3 Å². The van der Waals surface area contributed by atoms with E-state index in [1.165, 1.54) is 12.1 Å². The van der Waals surface area contributed by atoms with Crippen molar-refractivity contribution in [3.05, 3.63) is 35.6 Å². The summed E-state index contributed by atoms with van der Waals surface area (Å²) in [5, 5.41) is 7.79. The SMILES string of the molecule is CC(C)(C)OC(=O)NCCC(=O)NCCNC(=O)Cc1ccc(F)cc1. The maximum absolute atomic E-state index is 12.8. The van der Waals surface area contributed by atoms with Crippen LogP contribution in [0.4, 0.5) is 9.18 Å². The lowest BCUT2D eigenvalue weighted by atomic mass is 10.1. The molecule has 3 N–H and O–H groups in total. The Kier molecular flexibility index (Phi) is 8.54. The highest BCUT2D eigenvalue weighted by Crippen LogP contribution is 2.06. The third-order valence-corrected chi connectivity index (χ3v) is 3.07. The molecule has 0 aliphatic heterocycles. The van der Waals surface area contributed by atoms with Crippen LogP contribution in [0, 0.1) is 5.82 Å². The molecule has 1 rings (SSSR count). The molecule has 0 aliphatic carbocycles. The van der Waals surface area contributed by atoms with Crippen LogP contribution in [0.3, 0.4) is 0 Å². The lowest BCUT2D eigenvalue weighted by Crippen LogP contribution is -2.37. The predicted octanol–water partition coefficient (Wildman–Crippen LogP) is 1.52. The van der Waals surface area contributed by atoms with E-state index in [4.69, 9.17) is 4.74 Å². The standard InChI is InChI=1S/C18H26FN3O4/c1-18(2,3)26-17(25)22-9-8-15(23)20-10-11-21-16(24)12-13-4-6-14(19)7-5-13/h4-7H,8-12H2,1-3H3,(H,20,23)(H,21,24)(H,22,25). The van der Waals surface area contributed by atoms with Crippen molar-refractivity contribution in [1.29, 1.82) is 0 Å². The van der Waals surface area contributed by atoms with Crippen LogP contribution >= 0.6 is 0 Å². The molecule has 0 aromatic heterocycles. The number of carbonyl (C=O) groups is 3. The fraction of sp³-hybridized carbons (Fsp3) is 0.500. The van der Waals surface area contributed by atoms with Gasteiger partial charge in [-0.15, -0.1) is 0 Å². The van der Waals surface area contributed by atoms with Crippen LogP contribution in [0.25, 0.3) is 0 Å². The highest BCUT2D eigenvalue weighted by Gasteiger charge is 2.15. The summed E-state index contributed by atoms with van der Waals surface area (Å²) in [5.74, 6) is -0.802. The molecule has 0 unspecified atom stereocenters. The fourth-order valence-corrected chi connectivity index (χ4v) is 1.93. The van der Waals surface area contributed by atoms with Crippen LogP contribution in [-0.2, 0) is 20.7 Å². The lowest BCUT2D eigenvalue weighted by Gasteiger charge is -2.19. The van der Waals surface area contributed by atoms with Crippen molar-refractivity contribution in [1.82, 2.24) is 16.0 Å². The molecule has 0 radical (unpaired) electrons. The first-order valence-electron chi connectivity index (χ1n) is 8.40. The number of nitrogens with one attached hydrogen (secondary N) is 3. The minimum atomic E-state index is -0.585. The number of alkyl carbamates (subject to hydrolysis) is 1. The summed E-state index contributed by atoms with van der Waals surface area (Å²) in [6.45, 7) is 5.99. The summed E-state index contributed by atoms with van der Waals surface area (Å²) in [5.41, 5.74) is 0.125. The molecule has 0 saturated carbocycles. The van der Waals surface area contributed by atoms with E-state index in [1.807, 2.05) is 0 Å². The molecular formula is C18H26FN3O4. The fourth-order valence-electron chi connectivity index (χ4n) is 1.93.